The van der Waals surface area contributed by atoms with E-state index in [4.69, 9.17) is 0 Å². The predicted molar refractivity (Wildman–Crippen MR) is 90.5 cm³/mol. The molecule has 1 fully saturated rings. The molecule has 0 bridgehead atoms. The Kier molecular flexibility index (Phi) is 3.64. The number of hydrogen-bond donors (Lipinski definition) is 2. The molecule has 2 aliphatic rings. The Bertz CT molecular complexity index is 736. The summed E-state index contributed by atoms with van der Waals surface area (Å²) < 4.78 is 0. The molecule has 0 radical (unpaired) electrons. The van der Waals surface area contributed by atoms with Gasteiger partial charge in [-0.15, -0.1) is 0 Å². The number of carbonyl (C=O) groups is 1. The smallest absolute Gasteiger partial charge is 0.303 e. The number of carboxylic acids is 1. The third-order valence-electron chi connectivity index (χ3n) is 5.89. The number of benzene rings is 1. The van der Waals surface area contributed by atoms with Gasteiger partial charge in [0.25, 0.3) is 0 Å². The van der Waals surface area contributed by atoms with Crippen LogP contribution in [0.25, 0.3) is 10.9 Å². The standard InChI is InChI=1S/C19H24N2O2/c1-2-12-11-21-8-7-15-14-5-3-4-6-16(14)20-19(15)17(21)9-13(12)10-18(22)23/h3-6,12-13,17,20H,2,7-11H2,1H3,(H,22,23)/t12-,13-,17+/m1/s1. The van der Waals surface area contributed by atoms with E-state index in [1.807, 2.05) is 0 Å². The Morgan fingerprint density at radius 2 is 2.17 bits per heavy atom. The van der Waals surface area contributed by atoms with Crippen molar-refractivity contribution in [3.05, 3.63) is 35.5 Å². The zero-order valence-electron chi connectivity index (χ0n) is 13.6. The molecule has 3 heterocycles. The summed E-state index contributed by atoms with van der Waals surface area (Å²) >= 11 is 0. The minimum Gasteiger partial charge on any atom is -0.481 e. The molecule has 23 heavy (non-hydrogen) atoms. The van der Waals surface area contributed by atoms with Crippen molar-refractivity contribution in [2.45, 2.75) is 38.6 Å². The Balaban J connectivity index is 1.70. The highest BCUT2D eigenvalue weighted by Crippen LogP contribution is 2.44. The fourth-order valence-electron chi connectivity index (χ4n) is 4.72. The van der Waals surface area contributed by atoms with Crippen LogP contribution < -0.4 is 0 Å². The van der Waals surface area contributed by atoms with Crippen LogP contribution in [-0.4, -0.2) is 34.0 Å². The van der Waals surface area contributed by atoms with Gasteiger partial charge in [0.05, 0.1) is 6.04 Å². The molecule has 0 amide bonds. The first-order valence-electron chi connectivity index (χ1n) is 8.72. The third kappa shape index (κ3) is 2.45. The molecule has 0 aliphatic carbocycles. The summed E-state index contributed by atoms with van der Waals surface area (Å²) in [6, 6.07) is 8.88. The fourth-order valence-corrected chi connectivity index (χ4v) is 4.72. The highest BCUT2D eigenvalue weighted by atomic mass is 16.4. The summed E-state index contributed by atoms with van der Waals surface area (Å²) in [6.07, 6.45) is 3.43. The molecule has 2 N–H and O–H groups in total. The lowest BCUT2D eigenvalue weighted by Gasteiger charge is -2.46. The van der Waals surface area contributed by atoms with E-state index in [0.29, 0.717) is 18.4 Å². The lowest BCUT2D eigenvalue weighted by molar-refractivity contribution is -0.139. The number of nitrogens with zero attached hydrogens (tertiary/aromatic N) is 1. The van der Waals surface area contributed by atoms with Gasteiger partial charge in [0.2, 0.25) is 0 Å². The maximum atomic E-state index is 11.3. The molecule has 1 aromatic heterocycles. The van der Waals surface area contributed by atoms with Crippen molar-refractivity contribution in [1.82, 2.24) is 9.88 Å². The van der Waals surface area contributed by atoms with Gasteiger partial charge < -0.3 is 10.1 Å². The number of hydrogen-bond acceptors (Lipinski definition) is 2. The monoisotopic (exact) mass is 312 g/mol. The topological polar surface area (TPSA) is 56.3 Å². The molecule has 4 nitrogen and oxygen atoms in total. The van der Waals surface area contributed by atoms with Gasteiger partial charge in [0.1, 0.15) is 0 Å². The number of fused-ring (bicyclic) bond motifs is 5. The van der Waals surface area contributed by atoms with Gasteiger partial charge >= 0.3 is 5.97 Å². The van der Waals surface area contributed by atoms with Gasteiger partial charge in [-0.3, -0.25) is 9.69 Å². The number of aromatic amines is 1. The summed E-state index contributed by atoms with van der Waals surface area (Å²) in [7, 11) is 0. The molecule has 3 atom stereocenters. The minimum atomic E-state index is -0.658. The average molecular weight is 312 g/mol. The normalized spacial score (nSPS) is 27.6. The van der Waals surface area contributed by atoms with Crippen LogP contribution in [0.3, 0.4) is 0 Å². The number of H-pyrrole nitrogens is 1. The molecule has 122 valence electrons. The zero-order valence-corrected chi connectivity index (χ0v) is 13.6. The van der Waals surface area contributed by atoms with Gasteiger partial charge in [0, 0.05) is 36.1 Å². The van der Waals surface area contributed by atoms with E-state index in [2.05, 4.69) is 41.1 Å². The van der Waals surface area contributed by atoms with Crippen molar-refractivity contribution in [2.75, 3.05) is 13.1 Å². The van der Waals surface area contributed by atoms with E-state index in [1.54, 1.807) is 0 Å². The highest BCUT2D eigenvalue weighted by Gasteiger charge is 2.40. The second-order valence-electron chi connectivity index (χ2n) is 7.09. The molecule has 0 spiro atoms. The van der Waals surface area contributed by atoms with E-state index < -0.39 is 5.97 Å². The first-order valence-corrected chi connectivity index (χ1v) is 8.72. The van der Waals surface area contributed by atoms with Crippen LogP contribution in [0, 0.1) is 11.8 Å². The summed E-state index contributed by atoms with van der Waals surface area (Å²) in [5.74, 6) is 0.138. The number of rotatable bonds is 3. The number of carboxylic acid groups (broad SMARTS) is 1. The van der Waals surface area contributed by atoms with E-state index in [0.717, 1.165) is 32.4 Å². The van der Waals surface area contributed by atoms with Gasteiger partial charge in [-0.1, -0.05) is 31.5 Å². The van der Waals surface area contributed by atoms with E-state index in [9.17, 15) is 9.90 Å². The van der Waals surface area contributed by atoms with Gasteiger partial charge in [-0.25, -0.2) is 0 Å². The Morgan fingerprint density at radius 1 is 1.35 bits per heavy atom. The first kappa shape index (κ1) is 14.8. The molecular formula is C19H24N2O2. The summed E-state index contributed by atoms with van der Waals surface area (Å²) in [5.41, 5.74) is 4.00. The number of nitrogens with one attached hydrogen (secondary N) is 1. The van der Waals surface area contributed by atoms with Gasteiger partial charge in [-0.05, 0) is 36.3 Å². The second kappa shape index (κ2) is 5.68. The number of para-hydroxylation sites is 1. The average Bonchev–Trinajstić information content (AvgIpc) is 2.93. The van der Waals surface area contributed by atoms with Crippen molar-refractivity contribution < 1.29 is 9.90 Å². The lowest BCUT2D eigenvalue weighted by atomic mass is 9.76. The molecule has 2 aliphatic heterocycles. The Morgan fingerprint density at radius 3 is 2.96 bits per heavy atom. The first-order chi connectivity index (χ1) is 11.2. The maximum Gasteiger partial charge on any atom is 0.303 e. The second-order valence-corrected chi connectivity index (χ2v) is 7.09. The van der Waals surface area contributed by atoms with Gasteiger partial charge in [-0.2, -0.15) is 0 Å². The van der Waals surface area contributed by atoms with E-state index >= 15 is 0 Å². The molecule has 4 rings (SSSR count). The van der Waals surface area contributed by atoms with Crippen LogP contribution in [0.15, 0.2) is 24.3 Å². The number of aliphatic carboxylic acids is 1. The quantitative estimate of drug-likeness (QED) is 0.910. The summed E-state index contributed by atoms with van der Waals surface area (Å²) in [6.45, 7) is 4.32. The lowest BCUT2D eigenvalue weighted by Crippen LogP contribution is -2.46. The van der Waals surface area contributed by atoms with E-state index in [1.165, 1.54) is 22.2 Å². The minimum absolute atomic E-state index is 0.288. The fraction of sp³-hybridized carbons (Fsp3) is 0.526. The van der Waals surface area contributed by atoms with Crippen molar-refractivity contribution in [2.24, 2.45) is 11.8 Å². The molecule has 0 saturated carbocycles. The number of aromatic nitrogens is 1. The number of piperidine rings is 1. The van der Waals surface area contributed by atoms with Crippen LogP contribution in [-0.2, 0) is 11.2 Å². The van der Waals surface area contributed by atoms with Crippen molar-refractivity contribution in [1.29, 1.82) is 0 Å². The summed E-state index contributed by atoms with van der Waals surface area (Å²) in [5, 5.41) is 10.6. The maximum absolute atomic E-state index is 11.3. The van der Waals surface area contributed by atoms with Gasteiger partial charge in [0.15, 0.2) is 0 Å². The molecule has 2 aromatic rings. The molecule has 1 saturated heterocycles. The zero-order chi connectivity index (χ0) is 16.0. The van der Waals surface area contributed by atoms with Crippen LogP contribution in [0.1, 0.15) is 43.5 Å². The molecular weight excluding hydrogens is 288 g/mol. The highest BCUT2D eigenvalue weighted by molar-refractivity contribution is 5.85. The molecule has 1 aromatic carbocycles. The molecule has 0 unspecified atom stereocenters. The Labute approximate surface area is 136 Å². The van der Waals surface area contributed by atoms with Crippen LogP contribution in [0.4, 0.5) is 0 Å². The largest absolute Gasteiger partial charge is 0.481 e. The van der Waals surface area contributed by atoms with Crippen LogP contribution in [0.2, 0.25) is 0 Å². The van der Waals surface area contributed by atoms with Crippen molar-refractivity contribution in [3.8, 4) is 0 Å². The third-order valence-corrected chi connectivity index (χ3v) is 5.89. The summed E-state index contributed by atoms with van der Waals surface area (Å²) in [4.78, 5) is 17.5. The van der Waals surface area contributed by atoms with Crippen LogP contribution in [0.5, 0.6) is 0 Å². The SMILES string of the molecule is CC[C@@H]1CN2CCc3c([nH]c4ccccc34)[C@@H]2C[C@@H]1CC(=O)O. The van der Waals surface area contributed by atoms with Crippen LogP contribution >= 0.6 is 0 Å². The van der Waals surface area contributed by atoms with E-state index in [-0.39, 0.29) is 5.92 Å². The van der Waals surface area contributed by atoms with Crippen molar-refractivity contribution >= 4 is 16.9 Å². The molecule has 4 heteroatoms. The van der Waals surface area contributed by atoms with Crippen molar-refractivity contribution in [3.63, 3.8) is 0 Å². The predicted octanol–water partition coefficient (Wildman–Crippen LogP) is 3.59. The Hall–Kier alpha value is -1.81.